The third-order valence-electron chi connectivity index (χ3n) is 2.18. The molecule has 84 valence electrons. The molecule has 0 aromatic carbocycles. The van der Waals surface area contributed by atoms with Crippen molar-refractivity contribution >= 4 is 11.6 Å². The minimum Gasteiger partial charge on any atom is -0.396 e. The molecule has 1 aromatic rings. The Morgan fingerprint density at radius 2 is 2.33 bits per heavy atom. The second kappa shape index (κ2) is 4.93. The number of rotatable bonds is 4. The molecule has 5 heteroatoms. The molecule has 0 bridgehead atoms. The summed E-state index contributed by atoms with van der Waals surface area (Å²) in [6.07, 6.45) is 3.79. The van der Waals surface area contributed by atoms with Gasteiger partial charge < -0.3 is 11.1 Å². The molecule has 0 spiro atoms. The Hall–Kier alpha value is -1.36. The fourth-order valence-electron chi connectivity index (χ4n) is 1.43. The minimum atomic E-state index is -0.204. The lowest BCUT2D eigenvalue weighted by Gasteiger charge is -2.16. The number of aromatic nitrogens is 2. The van der Waals surface area contributed by atoms with Gasteiger partial charge in [-0.2, -0.15) is 5.10 Å². The maximum absolute atomic E-state index is 11.9. The van der Waals surface area contributed by atoms with Gasteiger partial charge in [0.05, 0.1) is 24.1 Å². The molecule has 0 radical (unpaired) electrons. The predicted octanol–water partition coefficient (Wildman–Crippen LogP) is 0.740. The van der Waals surface area contributed by atoms with Crippen molar-refractivity contribution in [1.29, 1.82) is 0 Å². The standard InChI is InChI=1S/C10H18N4O/c1-7(2)4-9(12-3)10(15)14-6-8(11)5-13-14/h5-7,9,12H,4,11H2,1-3H3. The Morgan fingerprint density at radius 3 is 2.73 bits per heavy atom. The first-order valence-electron chi connectivity index (χ1n) is 5.06. The zero-order valence-electron chi connectivity index (χ0n) is 9.40. The highest BCUT2D eigenvalue weighted by atomic mass is 16.2. The topological polar surface area (TPSA) is 72.9 Å². The van der Waals surface area contributed by atoms with Crippen LogP contribution in [0.5, 0.6) is 0 Å². The second-order valence-electron chi connectivity index (χ2n) is 4.03. The maximum Gasteiger partial charge on any atom is 0.264 e. The number of nitrogens with zero attached hydrogens (tertiary/aromatic N) is 2. The molecule has 0 aliphatic heterocycles. The molecule has 1 heterocycles. The highest BCUT2D eigenvalue weighted by molar-refractivity contribution is 5.83. The first kappa shape index (κ1) is 11.7. The van der Waals surface area contributed by atoms with Crippen LogP contribution in [0.25, 0.3) is 0 Å². The lowest BCUT2D eigenvalue weighted by molar-refractivity contribution is 0.0834. The molecule has 1 rings (SSSR count). The molecule has 3 N–H and O–H groups in total. The van der Waals surface area contributed by atoms with Gasteiger partial charge in [-0.1, -0.05) is 13.8 Å². The average molecular weight is 210 g/mol. The van der Waals surface area contributed by atoms with E-state index in [2.05, 4.69) is 24.3 Å². The number of anilines is 1. The van der Waals surface area contributed by atoms with E-state index in [1.54, 1.807) is 7.05 Å². The summed E-state index contributed by atoms with van der Waals surface area (Å²) in [6.45, 7) is 4.16. The summed E-state index contributed by atoms with van der Waals surface area (Å²) in [5, 5.41) is 6.88. The van der Waals surface area contributed by atoms with Crippen LogP contribution in [0.3, 0.4) is 0 Å². The lowest BCUT2D eigenvalue weighted by Crippen LogP contribution is -2.38. The Kier molecular flexibility index (Phi) is 3.85. The van der Waals surface area contributed by atoms with Crippen molar-refractivity contribution in [2.45, 2.75) is 26.3 Å². The number of hydrogen-bond acceptors (Lipinski definition) is 4. The molecule has 0 amide bonds. The third kappa shape index (κ3) is 3.06. The molecule has 15 heavy (non-hydrogen) atoms. The normalized spacial score (nSPS) is 13.1. The first-order chi connectivity index (χ1) is 7.04. The van der Waals surface area contributed by atoms with Gasteiger partial charge in [-0.25, -0.2) is 4.68 Å². The van der Waals surface area contributed by atoms with Crippen LogP contribution in [0.4, 0.5) is 5.69 Å². The number of nitrogens with two attached hydrogens (primary N) is 1. The van der Waals surface area contributed by atoms with Crippen LogP contribution in [-0.2, 0) is 0 Å². The van der Waals surface area contributed by atoms with Crippen molar-refractivity contribution in [3.63, 3.8) is 0 Å². The fraction of sp³-hybridized carbons (Fsp3) is 0.600. The first-order valence-corrected chi connectivity index (χ1v) is 5.06. The van der Waals surface area contributed by atoms with Gasteiger partial charge in [-0.3, -0.25) is 4.79 Å². The van der Waals surface area contributed by atoms with E-state index in [4.69, 9.17) is 5.73 Å². The van der Waals surface area contributed by atoms with Crippen molar-refractivity contribution in [1.82, 2.24) is 15.1 Å². The average Bonchev–Trinajstić information content (AvgIpc) is 2.60. The van der Waals surface area contributed by atoms with E-state index in [0.717, 1.165) is 6.42 Å². The van der Waals surface area contributed by atoms with Crippen molar-refractivity contribution in [3.8, 4) is 0 Å². The SMILES string of the molecule is CNC(CC(C)C)C(=O)n1cc(N)cn1. The summed E-state index contributed by atoms with van der Waals surface area (Å²) in [4.78, 5) is 11.9. The number of likely N-dealkylation sites (N-methyl/N-ethyl adjacent to an activating group) is 1. The molecular weight excluding hydrogens is 192 g/mol. The number of hydrogen-bond donors (Lipinski definition) is 2. The Labute approximate surface area is 89.6 Å². The molecule has 0 aliphatic rings. The van der Waals surface area contributed by atoms with Crippen LogP contribution in [0, 0.1) is 5.92 Å². The van der Waals surface area contributed by atoms with E-state index >= 15 is 0 Å². The van der Waals surface area contributed by atoms with Crippen LogP contribution in [0.1, 0.15) is 25.1 Å². The van der Waals surface area contributed by atoms with Crippen LogP contribution in [0.2, 0.25) is 0 Å². The summed E-state index contributed by atoms with van der Waals surface area (Å²) in [5.74, 6) is 0.391. The molecular formula is C10H18N4O. The molecule has 1 atom stereocenters. The van der Waals surface area contributed by atoms with E-state index in [0.29, 0.717) is 11.6 Å². The molecule has 0 aliphatic carbocycles. The van der Waals surface area contributed by atoms with E-state index in [1.807, 2.05) is 0 Å². The summed E-state index contributed by atoms with van der Waals surface area (Å²) < 4.78 is 1.29. The van der Waals surface area contributed by atoms with E-state index in [1.165, 1.54) is 17.1 Å². The maximum atomic E-state index is 11.9. The Balaban J connectivity index is 2.73. The summed E-state index contributed by atoms with van der Waals surface area (Å²) in [7, 11) is 1.78. The highest BCUT2D eigenvalue weighted by Gasteiger charge is 2.19. The minimum absolute atomic E-state index is 0.0668. The number of nitrogens with one attached hydrogen (secondary N) is 1. The Morgan fingerprint density at radius 1 is 1.67 bits per heavy atom. The quantitative estimate of drug-likeness (QED) is 0.768. The summed E-state index contributed by atoms with van der Waals surface area (Å²) >= 11 is 0. The van der Waals surface area contributed by atoms with Gasteiger partial charge in [0.1, 0.15) is 0 Å². The van der Waals surface area contributed by atoms with Crippen LogP contribution >= 0.6 is 0 Å². The molecule has 0 fully saturated rings. The highest BCUT2D eigenvalue weighted by Crippen LogP contribution is 2.07. The van der Waals surface area contributed by atoms with Crippen LogP contribution in [-0.4, -0.2) is 28.8 Å². The zero-order valence-corrected chi connectivity index (χ0v) is 9.40. The summed E-state index contributed by atoms with van der Waals surface area (Å²) in [5.41, 5.74) is 6.01. The van der Waals surface area contributed by atoms with E-state index < -0.39 is 0 Å². The van der Waals surface area contributed by atoms with Crippen molar-refractivity contribution in [2.75, 3.05) is 12.8 Å². The molecule has 0 saturated heterocycles. The summed E-state index contributed by atoms with van der Waals surface area (Å²) in [6, 6.07) is -0.204. The predicted molar refractivity (Wildman–Crippen MR) is 59.6 cm³/mol. The number of nitrogen functional groups attached to an aromatic ring is 1. The van der Waals surface area contributed by atoms with Gasteiger partial charge in [0, 0.05) is 0 Å². The van der Waals surface area contributed by atoms with Crippen molar-refractivity contribution < 1.29 is 4.79 Å². The van der Waals surface area contributed by atoms with Gasteiger partial charge in [-0.15, -0.1) is 0 Å². The van der Waals surface area contributed by atoms with Gasteiger partial charge in [0.2, 0.25) is 0 Å². The fourth-order valence-corrected chi connectivity index (χ4v) is 1.43. The molecule has 1 aromatic heterocycles. The van der Waals surface area contributed by atoms with Crippen LogP contribution < -0.4 is 11.1 Å². The smallest absolute Gasteiger partial charge is 0.264 e. The van der Waals surface area contributed by atoms with Crippen LogP contribution in [0.15, 0.2) is 12.4 Å². The monoisotopic (exact) mass is 210 g/mol. The largest absolute Gasteiger partial charge is 0.396 e. The Bertz CT molecular complexity index is 332. The molecule has 0 saturated carbocycles. The third-order valence-corrected chi connectivity index (χ3v) is 2.18. The number of carbonyl (C=O) groups is 1. The van der Waals surface area contributed by atoms with Crippen molar-refractivity contribution in [3.05, 3.63) is 12.4 Å². The second-order valence-corrected chi connectivity index (χ2v) is 4.03. The van der Waals surface area contributed by atoms with E-state index in [-0.39, 0.29) is 11.9 Å². The number of carbonyl (C=O) groups excluding carboxylic acids is 1. The van der Waals surface area contributed by atoms with E-state index in [9.17, 15) is 4.79 Å². The zero-order chi connectivity index (χ0) is 11.4. The van der Waals surface area contributed by atoms with Gasteiger partial charge in [0.15, 0.2) is 0 Å². The van der Waals surface area contributed by atoms with Gasteiger partial charge in [-0.05, 0) is 19.4 Å². The van der Waals surface area contributed by atoms with Crippen molar-refractivity contribution in [2.24, 2.45) is 5.92 Å². The van der Waals surface area contributed by atoms with Gasteiger partial charge >= 0.3 is 0 Å². The molecule has 5 nitrogen and oxygen atoms in total. The molecule has 1 unspecified atom stereocenters. The lowest BCUT2D eigenvalue weighted by atomic mass is 10.0. The van der Waals surface area contributed by atoms with Gasteiger partial charge in [0.25, 0.3) is 5.91 Å².